The number of alkyl halides is 3. The highest BCUT2D eigenvalue weighted by Gasteiger charge is 2.29. The third-order valence-electron chi connectivity index (χ3n) is 4.56. The molecule has 0 radical (unpaired) electrons. The SMILES string of the molecule is CN=CC(OCC(F)(F)F)=C(N)C(=O)Nc1ccc(Oc2ccnc3cc(OC)c(OC)cc23)cn1. The normalized spacial score (nSPS) is 12.3. The molecule has 0 saturated heterocycles. The Balaban J connectivity index is 1.76. The van der Waals surface area contributed by atoms with E-state index in [0.717, 1.165) is 6.21 Å². The fraction of sp³-hybridized carbons (Fsp3) is 0.217. The Morgan fingerprint density at radius 2 is 1.83 bits per heavy atom. The number of ether oxygens (including phenoxy) is 4. The molecule has 0 spiro atoms. The molecule has 0 aliphatic rings. The average Bonchev–Trinajstić information content (AvgIpc) is 2.86. The third-order valence-corrected chi connectivity index (χ3v) is 4.56. The maximum atomic E-state index is 12.4. The molecular weight excluding hydrogens is 483 g/mol. The monoisotopic (exact) mass is 505 g/mol. The van der Waals surface area contributed by atoms with Gasteiger partial charge in [-0.25, -0.2) is 4.98 Å². The summed E-state index contributed by atoms with van der Waals surface area (Å²) >= 11 is 0. The summed E-state index contributed by atoms with van der Waals surface area (Å²) in [6.07, 6.45) is -0.789. The van der Waals surface area contributed by atoms with E-state index in [1.165, 1.54) is 39.6 Å². The molecule has 10 nitrogen and oxygen atoms in total. The first-order valence-electron chi connectivity index (χ1n) is 10.2. The second-order valence-corrected chi connectivity index (χ2v) is 7.04. The fourth-order valence-electron chi connectivity index (χ4n) is 2.93. The minimum atomic E-state index is -4.61. The van der Waals surface area contributed by atoms with Crippen LogP contribution >= 0.6 is 0 Å². The zero-order valence-electron chi connectivity index (χ0n) is 19.4. The van der Waals surface area contributed by atoms with Gasteiger partial charge in [-0.15, -0.1) is 0 Å². The Labute approximate surface area is 203 Å². The number of aliphatic imine (C=N–C) groups is 1. The predicted molar refractivity (Wildman–Crippen MR) is 125 cm³/mol. The highest BCUT2D eigenvalue weighted by Crippen LogP contribution is 2.36. The molecule has 2 heterocycles. The molecule has 13 heteroatoms. The Hall–Kier alpha value is -4.55. The number of fused-ring (bicyclic) bond motifs is 1. The number of allylic oxidation sites excluding steroid dienone is 1. The predicted octanol–water partition coefficient (Wildman–Crippen LogP) is 3.83. The number of methoxy groups -OCH3 is 2. The van der Waals surface area contributed by atoms with Gasteiger partial charge in [-0.3, -0.25) is 14.8 Å². The number of benzene rings is 1. The maximum absolute atomic E-state index is 12.4. The number of halogens is 3. The van der Waals surface area contributed by atoms with Crippen LogP contribution in [-0.4, -0.2) is 56.1 Å². The van der Waals surface area contributed by atoms with E-state index in [1.807, 2.05) is 0 Å². The first-order valence-corrected chi connectivity index (χ1v) is 10.2. The number of nitrogens with two attached hydrogens (primary N) is 1. The lowest BCUT2D eigenvalue weighted by Crippen LogP contribution is -2.25. The lowest BCUT2D eigenvalue weighted by atomic mass is 10.2. The first-order chi connectivity index (χ1) is 17.1. The summed E-state index contributed by atoms with van der Waals surface area (Å²) in [5, 5.41) is 3.04. The molecule has 0 aliphatic carbocycles. The third kappa shape index (κ3) is 6.52. The van der Waals surface area contributed by atoms with Crippen molar-refractivity contribution in [2.24, 2.45) is 10.7 Å². The van der Waals surface area contributed by atoms with Crippen molar-refractivity contribution in [1.82, 2.24) is 9.97 Å². The summed E-state index contributed by atoms with van der Waals surface area (Å²) in [7, 11) is 4.33. The van der Waals surface area contributed by atoms with Crippen LogP contribution in [-0.2, 0) is 9.53 Å². The van der Waals surface area contributed by atoms with Crippen LogP contribution < -0.4 is 25.3 Å². The highest BCUT2D eigenvalue weighted by molar-refractivity contribution is 6.05. The van der Waals surface area contributed by atoms with Crippen molar-refractivity contribution in [3.8, 4) is 23.0 Å². The molecule has 2 aromatic heterocycles. The number of anilines is 1. The summed E-state index contributed by atoms with van der Waals surface area (Å²) in [4.78, 5) is 24.3. The zero-order valence-corrected chi connectivity index (χ0v) is 19.4. The van der Waals surface area contributed by atoms with E-state index in [2.05, 4.69) is 25.0 Å². The van der Waals surface area contributed by atoms with Crippen LogP contribution in [0, 0.1) is 0 Å². The van der Waals surface area contributed by atoms with Gasteiger partial charge >= 0.3 is 6.18 Å². The summed E-state index contributed by atoms with van der Waals surface area (Å²) in [5.74, 6) is 0.449. The average molecular weight is 505 g/mol. The second kappa shape index (κ2) is 11.3. The number of pyridine rings is 2. The Morgan fingerprint density at radius 1 is 1.11 bits per heavy atom. The molecule has 0 saturated carbocycles. The van der Waals surface area contributed by atoms with Crippen molar-refractivity contribution in [3.63, 3.8) is 0 Å². The van der Waals surface area contributed by atoms with Crippen LogP contribution in [0.4, 0.5) is 19.0 Å². The van der Waals surface area contributed by atoms with Gasteiger partial charge in [-0.1, -0.05) is 0 Å². The quantitative estimate of drug-likeness (QED) is 0.255. The summed E-state index contributed by atoms with van der Waals surface area (Å²) in [6, 6.07) is 8.06. The number of hydrogen-bond acceptors (Lipinski definition) is 9. The van der Waals surface area contributed by atoms with Crippen molar-refractivity contribution in [3.05, 3.63) is 54.2 Å². The van der Waals surface area contributed by atoms with Gasteiger partial charge in [0.1, 0.15) is 23.0 Å². The minimum absolute atomic E-state index is 0.0740. The number of rotatable bonds is 9. The molecule has 1 aromatic carbocycles. The smallest absolute Gasteiger partial charge is 0.422 e. The van der Waals surface area contributed by atoms with Crippen LogP contribution in [0.5, 0.6) is 23.0 Å². The number of hydrogen-bond donors (Lipinski definition) is 2. The van der Waals surface area contributed by atoms with E-state index >= 15 is 0 Å². The van der Waals surface area contributed by atoms with Crippen LogP contribution in [0.3, 0.4) is 0 Å². The summed E-state index contributed by atoms with van der Waals surface area (Å²) < 4.78 is 58.5. The molecule has 0 atom stereocenters. The molecule has 190 valence electrons. The van der Waals surface area contributed by atoms with E-state index in [0.29, 0.717) is 33.9 Å². The van der Waals surface area contributed by atoms with E-state index in [9.17, 15) is 18.0 Å². The molecule has 36 heavy (non-hydrogen) atoms. The topological polar surface area (TPSA) is 130 Å². The van der Waals surface area contributed by atoms with Crippen LogP contribution in [0.15, 0.2) is 59.2 Å². The maximum Gasteiger partial charge on any atom is 0.422 e. The molecule has 0 bridgehead atoms. The molecule has 0 aliphatic heterocycles. The van der Waals surface area contributed by atoms with Crippen molar-refractivity contribution >= 4 is 28.8 Å². The summed E-state index contributed by atoms with van der Waals surface area (Å²) in [6.45, 7) is -1.63. The first kappa shape index (κ1) is 26.1. The lowest BCUT2D eigenvalue weighted by molar-refractivity contribution is -0.163. The van der Waals surface area contributed by atoms with Gasteiger partial charge in [0.2, 0.25) is 0 Å². The largest absolute Gasteiger partial charge is 0.493 e. The fourth-order valence-corrected chi connectivity index (χ4v) is 2.93. The number of amides is 1. The van der Waals surface area contributed by atoms with Crippen molar-refractivity contribution < 1.29 is 36.9 Å². The standard InChI is InChI=1S/C23H22F3N5O5/c1-28-11-19(35-12-23(24,25)26)21(27)22(32)31-20-5-4-13(10-30-20)36-16-6-7-29-15-9-18(34-3)17(33-2)8-14(15)16/h4-11H,12,27H2,1-3H3,(H,30,31,32). The number of nitrogens with zero attached hydrogens (tertiary/aromatic N) is 3. The van der Waals surface area contributed by atoms with Crippen LogP contribution in [0.25, 0.3) is 10.9 Å². The van der Waals surface area contributed by atoms with Crippen molar-refractivity contribution in [1.29, 1.82) is 0 Å². The van der Waals surface area contributed by atoms with E-state index < -0.39 is 30.1 Å². The molecule has 0 fully saturated rings. The van der Waals surface area contributed by atoms with Crippen LogP contribution in [0.2, 0.25) is 0 Å². The summed E-state index contributed by atoms with van der Waals surface area (Å²) in [5.41, 5.74) is 5.68. The van der Waals surface area contributed by atoms with Gasteiger partial charge in [-0.2, -0.15) is 13.2 Å². The number of aromatic nitrogens is 2. The second-order valence-electron chi connectivity index (χ2n) is 7.04. The van der Waals surface area contributed by atoms with Crippen molar-refractivity contribution in [2.75, 3.05) is 33.2 Å². The van der Waals surface area contributed by atoms with Gasteiger partial charge in [-0.05, 0) is 24.3 Å². The number of nitrogens with one attached hydrogen (secondary N) is 1. The van der Waals surface area contributed by atoms with Gasteiger partial charge < -0.3 is 30.0 Å². The van der Waals surface area contributed by atoms with Crippen LogP contribution in [0.1, 0.15) is 0 Å². The molecular formula is C23H22F3N5O5. The molecule has 1 amide bonds. The lowest BCUT2D eigenvalue weighted by Gasteiger charge is -2.13. The van der Waals surface area contributed by atoms with E-state index in [-0.39, 0.29) is 5.82 Å². The Kier molecular flexibility index (Phi) is 8.14. The Bertz CT molecular complexity index is 1290. The zero-order chi connectivity index (χ0) is 26.3. The van der Waals surface area contributed by atoms with E-state index in [1.54, 1.807) is 24.4 Å². The minimum Gasteiger partial charge on any atom is -0.493 e. The highest BCUT2D eigenvalue weighted by atomic mass is 19.4. The molecule has 0 unspecified atom stereocenters. The van der Waals surface area contributed by atoms with Gasteiger partial charge in [0.15, 0.2) is 23.9 Å². The molecule has 3 N–H and O–H groups in total. The number of carbonyl (C=O) groups excluding carboxylic acids is 1. The van der Waals surface area contributed by atoms with Gasteiger partial charge in [0.05, 0.1) is 32.1 Å². The number of carbonyl (C=O) groups is 1. The molecule has 3 rings (SSSR count). The molecule has 3 aromatic rings. The van der Waals surface area contributed by atoms with Crippen molar-refractivity contribution in [2.45, 2.75) is 6.18 Å². The Morgan fingerprint density at radius 3 is 2.44 bits per heavy atom. The van der Waals surface area contributed by atoms with E-state index in [4.69, 9.17) is 19.9 Å². The van der Waals surface area contributed by atoms with Gasteiger partial charge in [0.25, 0.3) is 5.91 Å². The van der Waals surface area contributed by atoms with Gasteiger partial charge in [0, 0.05) is 24.7 Å².